The molecule has 2 N–H and O–H groups in total. The summed E-state index contributed by atoms with van der Waals surface area (Å²) in [5, 5.41) is 8.81. The first kappa shape index (κ1) is 16.5. The average Bonchev–Trinajstić information content (AvgIpc) is 2.96. The molecule has 2 aromatic rings. The van der Waals surface area contributed by atoms with E-state index in [9.17, 15) is 8.42 Å². The molecule has 5 nitrogen and oxygen atoms in total. The van der Waals surface area contributed by atoms with E-state index in [2.05, 4.69) is 21.5 Å². The van der Waals surface area contributed by atoms with Crippen LogP contribution in [0.2, 0.25) is 8.67 Å². The zero-order valence-electron chi connectivity index (χ0n) is 10.3. The number of hydrogen-bond donors (Lipinski definition) is 2. The minimum Gasteiger partial charge on any atom is -0.395 e. The highest BCUT2D eigenvalue weighted by Gasteiger charge is 2.22. The van der Waals surface area contributed by atoms with E-state index in [0.29, 0.717) is 11.3 Å². The summed E-state index contributed by atoms with van der Waals surface area (Å²) < 4.78 is 27.0. The molecule has 0 unspecified atom stereocenters. The number of anilines is 1. The van der Waals surface area contributed by atoms with E-state index in [1.165, 1.54) is 12.3 Å². The van der Waals surface area contributed by atoms with E-state index >= 15 is 0 Å². The zero-order chi connectivity index (χ0) is 15.5. The van der Waals surface area contributed by atoms with Crippen molar-refractivity contribution in [3.05, 3.63) is 25.8 Å². The molecule has 0 bridgehead atoms. The second-order valence-corrected chi connectivity index (χ2v) is 8.57. The zero-order valence-corrected chi connectivity index (χ0v) is 14.2. The second kappa shape index (κ2) is 6.96. The topological polar surface area (TPSA) is 79.3 Å². The first-order chi connectivity index (χ1) is 9.92. The van der Waals surface area contributed by atoms with Crippen LogP contribution in [0.3, 0.4) is 0 Å². The molecule has 0 aliphatic rings. The molecule has 2 heterocycles. The Hall–Kier alpha value is -0.820. The Bertz CT molecular complexity index is 802. The summed E-state index contributed by atoms with van der Waals surface area (Å²) in [6.07, 6.45) is 1.80. The lowest BCUT2D eigenvalue weighted by molar-refractivity contribution is 0.305. The van der Waals surface area contributed by atoms with Crippen LogP contribution in [0, 0.1) is 11.8 Å². The van der Waals surface area contributed by atoms with Crippen LogP contribution in [-0.2, 0) is 10.0 Å². The lowest BCUT2D eigenvalue weighted by atomic mass is 10.4. The van der Waals surface area contributed by atoms with Crippen molar-refractivity contribution in [2.75, 3.05) is 11.3 Å². The van der Waals surface area contributed by atoms with Crippen molar-refractivity contribution in [2.45, 2.75) is 11.3 Å². The van der Waals surface area contributed by atoms with Crippen molar-refractivity contribution in [1.29, 1.82) is 0 Å². The number of aliphatic hydroxyl groups is 1. The molecule has 0 saturated heterocycles. The lowest BCUT2D eigenvalue weighted by Crippen LogP contribution is -2.12. The number of hydrogen-bond acceptors (Lipinski definition) is 6. The molecule has 0 aromatic carbocycles. The highest BCUT2D eigenvalue weighted by atomic mass is 35.5. The van der Waals surface area contributed by atoms with Crippen molar-refractivity contribution in [1.82, 2.24) is 4.98 Å². The van der Waals surface area contributed by atoms with Gasteiger partial charge in [0.2, 0.25) is 0 Å². The normalized spacial score (nSPS) is 11.0. The van der Waals surface area contributed by atoms with Gasteiger partial charge in [-0.3, -0.25) is 4.72 Å². The van der Waals surface area contributed by atoms with Crippen LogP contribution in [0.5, 0.6) is 0 Å². The Morgan fingerprint density at radius 1 is 1.38 bits per heavy atom. The van der Waals surface area contributed by atoms with Gasteiger partial charge in [-0.1, -0.05) is 46.4 Å². The highest BCUT2D eigenvalue weighted by Crippen LogP contribution is 2.35. The van der Waals surface area contributed by atoms with Gasteiger partial charge in [-0.15, -0.1) is 11.3 Å². The van der Waals surface area contributed by atoms with Gasteiger partial charge >= 0.3 is 0 Å². The molecule has 10 heteroatoms. The van der Waals surface area contributed by atoms with Crippen molar-refractivity contribution < 1.29 is 13.5 Å². The number of rotatable bonds is 4. The molecule has 0 aliphatic heterocycles. The van der Waals surface area contributed by atoms with Gasteiger partial charge in [0.15, 0.2) is 5.13 Å². The Balaban J connectivity index is 2.18. The number of aromatic nitrogens is 1. The van der Waals surface area contributed by atoms with Crippen LogP contribution < -0.4 is 4.72 Å². The smallest absolute Gasteiger partial charge is 0.266 e. The number of nitrogens with one attached hydrogen (secondary N) is 1. The summed E-state index contributed by atoms with van der Waals surface area (Å²) in [6, 6.07) is 1.28. The Kier molecular flexibility index (Phi) is 5.48. The van der Waals surface area contributed by atoms with Crippen molar-refractivity contribution in [2.24, 2.45) is 0 Å². The van der Waals surface area contributed by atoms with Crippen LogP contribution >= 0.6 is 45.9 Å². The van der Waals surface area contributed by atoms with Gasteiger partial charge in [0.05, 0.1) is 22.0 Å². The molecule has 21 heavy (non-hydrogen) atoms. The molecule has 0 aliphatic carbocycles. The highest BCUT2D eigenvalue weighted by molar-refractivity contribution is 7.93. The molecule has 112 valence electrons. The van der Waals surface area contributed by atoms with Gasteiger partial charge in [0.1, 0.15) is 9.23 Å². The quantitative estimate of drug-likeness (QED) is 0.796. The standard InChI is InChI=1S/C11H8Cl2N2O3S3/c12-9-5-8(10(13)20-9)21(17,18)15-11-14-6-7(19-11)3-1-2-4-16/h5-6,16H,2,4H2,(H,14,15). The van der Waals surface area contributed by atoms with Crippen LogP contribution in [0.15, 0.2) is 17.2 Å². The van der Waals surface area contributed by atoms with Crippen LogP contribution in [-0.4, -0.2) is 25.1 Å². The Morgan fingerprint density at radius 2 is 2.14 bits per heavy atom. The molecule has 0 amide bonds. The van der Waals surface area contributed by atoms with Gasteiger partial charge in [-0.2, -0.15) is 0 Å². The lowest BCUT2D eigenvalue weighted by Gasteiger charge is -2.02. The number of nitrogens with zero attached hydrogens (tertiary/aromatic N) is 1. The molecular formula is C11H8Cl2N2O3S3. The maximum atomic E-state index is 12.2. The number of thiophene rings is 1. The van der Waals surface area contributed by atoms with Crippen molar-refractivity contribution in [3.63, 3.8) is 0 Å². The molecule has 0 fully saturated rings. The minimum absolute atomic E-state index is 0.0251. The molecule has 0 spiro atoms. The molecule has 2 rings (SSSR count). The van der Waals surface area contributed by atoms with Gasteiger partial charge in [-0.05, 0) is 6.07 Å². The summed E-state index contributed by atoms with van der Waals surface area (Å²) in [5.74, 6) is 5.50. The van der Waals surface area contributed by atoms with Gasteiger partial charge in [0.25, 0.3) is 10.0 Å². The van der Waals surface area contributed by atoms with E-state index in [1.54, 1.807) is 0 Å². The molecule has 0 atom stereocenters. The van der Waals surface area contributed by atoms with E-state index in [-0.39, 0.29) is 25.3 Å². The third-order valence-electron chi connectivity index (χ3n) is 2.09. The fourth-order valence-corrected chi connectivity index (χ4v) is 5.35. The predicted octanol–water partition coefficient (Wildman–Crippen LogP) is 3.05. The number of halogens is 2. The third kappa shape index (κ3) is 4.32. The van der Waals surface area contributed by atoms with Crippen molar-refractivity contribution >= 4 is 61.0 Å². The summed E-state index contributed by atoms with van der Waals surface area (Å²) in [4.78, 5) is 4.44. The number of aliphatic hydroxyl groups excluding tert-OH is 1. The van der Waals surface area contributed by atoms with Gasteiger partial charge in [0, 0.05) is 6.42 Å². The van der Waals surface area contributed by atoms with E-state index in [0.717, 1.165) is 22.7 Å². The average molecular weight is 383 g/mol. The first-order valence-corrected chi connectivity index (χ1v) is 9.33. The van der Waals surface area contributed by atoms with E-state index in [4.69, 9.17) is 28.3 Å². The monoisotopic (exact) mass is 382 g/mol. The predicted molar refractivity (Wildman–Crippen MR) is 85.8 cm³/mol. The summed E-state index contributed by atoms with van der Waals surface area (Å²) in [6.45, 7) is -0.0251. The number of sulfonamides is 1. The third-order valence-corrected chi connectivity index (χ3v) is 6.14. The number of thiazole rings is 1. The van der Waals surface area contributed by atoms with Crippen LogP contribution in [0.25, 0.3) is 0 Å². The summed E-state index contributed by atoms with van der Waals surface area (Å²) in [5.41, 5.74) is 0. The molecular weight excluding hydrogens is 375 g/mol. The second-order valence-electron chi connectivity index (χ2n) is 3.60. The Morgan fingerprint density at radius 3 is 2.76 bits per heavy atom. The molecule has 0 radical (unpaired) electrons. The fraction of sp³-hybridized carbons (Fsp3) is 0.182. The van der Waals surface area contributed by atoms with Crippen molar-refractivity contribution in [3.8, 4) is 11.8 Å². The Labute approximate surface area is 139 Å². The fourth-order valence-electron chi connectivity index (χ4n) is 1.26. The van der Waals surface area contributed by atoms with Gasteiger partial charge in [-0.25, -0.2) is 13.4 Å². The molecule has 0 saturated carbocycles. The molecule has 2 aromatic heterocycles. The largest absolute Gasteiger partial charge is 0.395 e. The maximum absolute atomic E-state index is 12.2. The van der Waals surface area contributed by atoms with Crippen LogP contribution in [0.1, 0.15) is 11.3 Å². The van der Waals surface area contributed by atoms with Crippen LogP contribution in [0.4, 0.5) is 5.13 Å². The first-order valence-electron chi connectivity index (χ1n) is 5.45. The summed E-state index contributed by atoms with van der Waals surface area (Å²) in [7, 11) is -3.83. The van der Waals surface area contributed by atoms with Gasteiger partial charge < -0.3 is 5.11 Å². The van der Waals surface area contributed by atoms with E-state index < -0.39 is 10.0 Å². The maximum Gasteiger partial charge on any atom is 0.266 e. The van der Waals surface area contributed by atoms with E-state index in [1.807, 2.05) is 0 Å². The minimum atomic E-state index is -3.83. The summed E-state index contributed by atoms with van der Waals surface area (Å²) >= 11 is 13.6. The SMILES string of the molecule is O=S(=O)(Nc1ncc(C#CCCO)s1)c1cc(Cl)sc1Cl.